The van der Waals surface area contributed by atoms with Crippen molar-refractivity contribution in [1.82, 2.24) is 19.9 Å². The van der Waals surface area contributed by atoms with E-state index in [-0.39, 0.29) is 11.3 Å². The minimum absolute atomic E-state index is 0.284. The SMILES string of the molecule is Cc1cc(C#N)nc(N2CCC3(CCCN(Cc4c[nH]c5ccccc45)C3=O)CC2)n1. The number of aromatic nitrogens is 3. The molecular formula is C24H26N6O. The number of nitrogens with zero attached hydrogens (tertiary/aromatic N) is 5. The number of likely N-dealkylation sites (tertiary alicyclic amines) is 1. The summed E-state index contributed by atoms with van der Waals surface area (Å²) in [6.07, 6.45) is 5.62. The first-order valence-electron chi connectivity index (χ1n) is 10.9. The molecule has 2 aromatic heterocycles. The quantitative estimate of drug-likeness (QED) is 0.708. The van der Waals surface area contributed by atoms with E-state index in [4.69, 9.17) is 0 Å². The summed E-state index contributed by atoms with van der Waals surface area (Å²) in [7, 11) is 0. The van der Waals surface area contributed by atoms with E-state index in [2.05, 4.69) is 38.1 Å². The predicted octanol–water partition coefficient (Wildman–Crippen LogP) is 3.55. The Bertz CT molecular complexity index is 1170. The molecule has 4 heterocycles. The number of hydrogen-bond acceptors (Lipinski definition) is 5. The fraction of sp³-hybridized carbons (Fsp3) is 0.417. The Morgan fingerprint density at radius 2 is 1.97 bits per heavy atom. The summed E-state index contributed by atoms with van der Waals surface area (Å²) < 4.78 is 0. The normalized spacial score (nSPS) is 18.5. The molecule has 7 heteroatoms. The summed E-state index contributed by atoms with van der Waals surface area (Å²) in [5, 5.41) is 10.4. The summed E-state index contributed by atoms with van der Waals surface area (Å²) >= 11 is 0. The lowest BCUT2D eigenvalue weighted by Crippen LogP contribution is -2.53. The van der Waals surface area contributed by atoms with Crippen molar-refractivity contribution in [3.63, 3.8) is 0 Å². The number of rotatable bonds is 3. The maximum atomic E-state index is 13.6. The second kappa shape index (κ2) is 7.69. The van der Waals surface area contributed by atoms with Gasteiger partial charge < -0.3 is 14.8 Å². The Balaban J connectivity index is 1.31. The number of nitrogens with one attached hydrogen (secondary N) is 1. The van der Waals surface area contributed by atoms with Crippen molar-refractivity contribution in [3.8, 4) is 6.07 Å². The third-order valence-electron chi connectivity index (χ3n) is 6.82. The fourth-order valence-corrected chi connectivity index (χ4v) is 5.12. The van der Waals surface area contributed by atoms with Crippen LogP contribution in [-0.4, -0.2) is 45.4 Å². The van der Waals surface area contributed by atoms with Gasteiger partial charge in [0.05, 0.1) is 5.41 Å². The number of anilines is 1. The minimum atomic E-state index is -0.289. The molecule has 0 bridgehead atoms. The Kier molecular flexibility index (Phi) is 4.85. The Hall–Kier alpha value is -3.40. The first-order chi connectivity index (χ1) is 15.1. The molecule has 158 valence electrons. The molecule has 2 aliphatic heterocycles. The highest BCUT2D eigenvalue weighted by Gasteiger charge is 2.46. The van der Waals surface area contributed by atoms with Gasteiger partial charge in [-0.1, -0.05) is 18.2 Å². The average Bonchev–Trinajstić information content (AvgIpc) is 3.20. The number of amides is 1. The number of benzene rings is 1. The highest BCUT2D eigenvalue weighted by molar-refractivity contribution is 5.86. The van der Waals surface area contributed by atoms with Crippen molar-refractivity contribution in [2.75, 3.05) is 24.5 Å². The largest absolute Gasteiger partial charge is 0.361 e. The highest BCUT2D eigenvalue weighted by atomic mass is 16.2. The van der Waals surface area contributed by atoms with Crippen LogP contribution in [-0.2, 0) is 11.3 Å². The van der Waals surface area contributed by atoms with Gasteiger partial charge in [0.1, 0.15) is 11.8 Å². The zero-order valence-corrected chi connectivity index (χ0v) is 17.8. The highest BCUT2D eigenvalue weighted by Crippen LogP contribution is 2.42. The number of nitriles is 1. The zero-order chi connectivity index (χ0) is 21.4. The van der Waals surface area contributed by atoms with Crippen molar-refractivity contribution in [2.24, 2.45) is 5.41 Å². The van der Waals surface area contributed by atoms with Crippen molar-refractivity contribution < 1.29 is 4.79 Å². The summed E-state index contributed by atoms with van der Waals surface area (Å²) in [4.78, 5) is 30.0. The molecular weight excluding hydrogens is 388 g/mol. The molecule has 2 fully saturated rings. The third kappa shape index (κ3) is 3.52. The molecule has 1 aromatic carbocycles. The number of H-pyrrole nitrogens is 1. The lowest BCUT2D eigenvalue weighted by atomic mass is 9.71. The Morgan fingerprint density at radius 1 is 1.16 bits per heavy atom. The molecule has 5 rings (SSSR count). The van der Waals surface area contributed by atoms with Gasteiger partial charge in [-0.05, 0) is 50.3 Å². The summed E-state index contributed by atoms with van der Waals surface area (Å²) in [6.45, 7) is 4.82. The van der Waals surface area contributed by atoms with Crippen molar-refractivity contribution in [2.45, 2.75) is 39.2 Å². The molecule has 31 heavy (non-hydrogen) atoms. The smallest absolute Gasteiger partial charge is 0.229 e. The molecule has 0 atom stereocenters. The van der Waals surface area contributed by atoms with Crippen molar-refractivity contribution in [3.05, 3.63) is 53.5 Å². The Labute approximate surface area is 181 Å². The number of carbonyl (C=O) groups excluding carboxylic acids is 1. The van der Waals surface area contributed by atoms with Crippen LogP contribution in [0.15, 0.2) is 36.5 Å². The van der Waals surface area contributed by atoms with Gasteiger partial charge in [-0.25, -0.2) is 9.97 Å². The standard InChI is InChI=1S/C24H26N6O/c1-17-13-19(14-25)28-23(27-17)29-11-8-24(9-12-29)7-4-10-30(22(24)31)16-18-15-26-21-6-3-2-5-20(18)21/h2-3,5-6,13,15,26H,4,7-12,16H2,1H3. The summed E-state index contributed by atoms with van der Waals surface area (Å²) in [5.74, 6) is 0.886. The number of aryl methyl sites for hydroxylation is 1. The van der Waals surface area contributed by atoms with E-state index < -0.39 is 0 Å². The maximum absolute atomic E-state index is 13.6. The van der Waals surface area contributed by atoms with Gasteiger partial charge in [0.25, 0.3) is 0 Å². The van der Waals surface area contributed by atoms with E-state index in [1.165, 1.54) is 10.9 Å². The second-order valence-corrected chi connectivity index (χ2v) is 8.76. The third-order valence-corrected chi connectivity index (χ3v) is 6.82. The van der Waals surface area contributed by atoms with Gasteiger partial charge in [-0.2, -0.15) is 5.26 Å². The topological polar surface area (TPSA) is 88.9 Å². The van der Waals surface area contributed by atoms with Crippen LogP contribution in [0.4, 0.5) is 5.95 Å². The average molecular weight is 415 g/mol. The number of piperidine rings is 2. The maximum Gasteiger partial charge on any atom is 0.229 e. The number of fused-ring (bicyclic) bond motifs is 1. The van der Waals surface area contributed by atoms with Crippen LogP contribution in [0, 0.1) is 23.7 Å². The molecule has 1 amide bonds. The predicted molar refractivity (Wildman–Crippen MR) is 118 cm³/mol. The molecule has 2 aliphatic rings. The van der Waals surface area contributed by atoms with Gasteiger partial charge >= 0.3 is 0 Å². The first-order valence-corrected chi connectivity index (χ1v) is 10.9. The van der Waals surface area contributed by atoms with Gasteiger partial charge in [-0.15, -0.1) is 0 Å². The molecule has 1 N–H and O–H groups in total. The molecule has 0 unspecified atom stereocenters. The van der Waals surface area contributed by atoms with E-state index in [0.29, 0.717) is 18.2 Å². The van der Waals surface area contributed by atoms with Gasteiger partial charge in [0.2, 0.25) is 11.9 Å². The van der Waals surface area contributed by atoms with E-state index in [1.807, 2.05) is 30.2 Å². The molecule has 0 saturated carbocycles. The van der Waals surface area contributed by atoms with E-state index in [9.17, 15) is 10.1 Å². The molecule has 0 aliphatic carbocycles. The van der Waals surface area contributed by atoms with Crippen molar-refractivity contribution in [1.29, 1.82) is 5.26 Å². The van der Waals surface area contributed by atoms with Crippen LogP contribution in [0.1, 0.15) is 42.6 Å². The van der Waals surface area contributed by atoms with Crippen LogP contribution in [0.5, 0.6) is 0 Å². The van der Waals surface area contributed by atoms with Gasteiger partial charge in [0.15, 0.2) is 0 Å². The molecule has 7 nitrogen and oxygen atoms in total. The van der Waals surface area contributed by atoms with Crippen LogP contribution in [0.25, 0.3) is 10.9 Å². The number of para-hydroxylation sites is 1. The lowest BCUT2D eigenvalue weighted by molar-refractivity contribution is -0.148. The molecule has 3 aromatic rings. The lowest BCUT2D eigenvalue weighted by Gasteiger charge is -2.46. The number of aromatic amines is 1. The monoisotopic (exact) mass is 414 g/mol. The second-order valence-electron chi connectivity index (χ2n) is 8.76. The van der Waals surface area contributed by atoms with Crippen LogP contribution < -0.4 is 4.90 Å². The summed E-state index contributed by atoms with van der Waals surface area (Å²) in [6, 6.07) is 12.1. The Morgan fingerprint density at radius 3 is 2.77 bits per heavy atom. The van der Waals surface area contributed by atoms with Crippen LogP contribution >= 0.6 is 0 Å². The van der Waals surface area contributed by atoms with Crippen molar-refractivity contribution >= 4 is 22.8 Å². The van der Waals surface area contributed by atoms with Crippen LogP contribution in [0.3, 0.4) is 0 Å². The van der Waals surface area contributed by atoms with E-state index in [0.717, 1.165) is 56.5 Å². The van der Waals surface area contributed by atoms with E-state index in [1.54, 1.807) is 6.07 Å². The molecule has 2 saturated heterocycles. The van der Waals surface area contributed by atoms with E-state index >= 15 is 0 Å². The molecule has 1 spiro atoms. The number of hydrogen-bond donors (Lipinski definition) is 1. The van der Waals surface area contributed by atoms with Crippen LogP contribution in [0.2, 0.25) is 0 Å². The fourth-order valence-electron chi connectivity index (χ4n) is 5.12. The first kappa shape index (κ1) is 19.6. The van der Waals surface area contributed by atoms with Gasteiger partial charge in [0, 0.05) is 49.0 Å². The van der Waals surface area contributed by atoms with Gasteiger partial charge in [-0.3, -0.25) is 4.79 Å². The summed E-state index contributed by atoms with van der Waals surface area (Å²) in [5.41, 5.74) is 3.18. The number of carbonyl (C=O) groups is 1. The molecule has 0 radical (unpaired) electrons. The zero-order valence-electron chi connectivity index (χ0n) is 17.8. The minimum Gasteiger partial charge on any atom is -0.361 e.